The number of anilines is 1. The van der Waals surface area contributed by atoms with Crippen molar-refractivity contribution in [2.45, 2.75) is 38.8 Å². The summed E-state index contributed by atoms with van der Waals surface area (Å²) in [4.78, 5) is 12.2. The topological polar surface area (TPSA) is 61.4 Å². The Balaban J connectivity index is 1.64. The van der Waals surface area contributed by atoms with Crippen molar-refractivity contribution in [1.29, 1.82) is 0 Å². The molecule has 0 spiro atoms. The maximum atomic E-state index is 12.2. The summed E-state index contributed by atoms with van der Waals surface area (Å²) in [5.74, 6) is 0. The van der Waals surface area contributed by atoms with Crippen LogP contribution >= 0.6 is 0 Å². The molecule has 2 amide bonds. The molecule has 0 aromatic heterocycles. The number of rotatable bonds is 4. The summed E-state index contributed by atoms with van der Waals surface area (Å²) in [7, 11) is 0. The van der Waals surface area contributed by atoms with Gasteiger partial charge in [-0.15, -0.1) is 0 Å². The van der Waals surface area contributed by atoms with Crippen molar-refractivity contribution in [3.8, 4) is 0 Å². The summed E-state index contributed by atoms with van der Waals surface area (Å²) in [6.07, 6.45) is 4.52. The van der Waals surface area contributed by atoms with Crippen LogP contribution in [0.25, 0.3) is 0 Å². The quantitative estimate of drug-likeness (QED) is 0.810. The van der Waals surface area contributed by atoms with E-state index in [9.17, 15) is 9.90 Å². The number of aliphatic hydroxyl groups excluding tert-OH is 1. The normalized spacial score (nSPS) is 13.3. The van der Waals surface area contributed by atoms with Gasteiger partial charge in [0.15, 0.2) is 0 Å². The van der Waals surface area contributed by atoms with Gasteiger partial charge >= 0.3 is 6.03 Å². The van der Waals surface area contributed by atoms with Crippen LogP contribution in [-0.2, 0) is 26.0 Å². The predicted molar refractivity (Wildman–Crippen MR) is 91.3 cm³/mol. The standard InChI is InChI=1S/C19H22N2O2/c22-13-16-8-2-1-7-15(16)12-20-19(23)21-18-11-5-9-14-6-3-4-10-17(14)18/h1-2,5,7-9,11,22H,3-4,6,10,12-13H2,(H2,20,21,23). The highest BCUT2D eigenvalue weighted by atomic mass is 16.3. The van der Waals surface area contributed by atoms with E-state index in [0.29, 0.717) is 6.54 Å². The Morgan fingerprint density at radius 2 is 1.78 bits per heavy atom. The van der Waals surface area contributed by atoms with Crippen LogP contribution in [0.2, 0.25) is 0 Å². The number of benzene rings is 2. The van der Waals surface area contributed by atoms with Crippen molar-refractivity contribution < 1.29 is 9.90 Å². The maximum Gasteiger partial charge on any atom is 0.319 e. The molecule has 0 saturated carbocycles. The van der Waals surface area contributed by atoms with Gasteiger partial charge in [0.25, 0.3) is 0 Å². The largest absolute Gasteiger partial charge is 0.392 e. The first-order valence-corrected chi connectivity index (χ1v) is 8.11. The van der Waals surface area contributed by atoms with Crippen LogP contribution in [0.15, 0.2) is 42.5 Å². The summed E-state index contributed by atoms with van der Waals surface area (Å²) >= 11 is 0. The minimum Gasteiger partial charge on any atom is -0.392 e. The van der Waals surface area contributed by atoms with Gasteiger partial charge in [-0.1, -0.05) is 36.4 Å². The molecule has 4 nitrogen and oxygen atoms in total. The first kappa shape index (κ1) is 15.6. The third kappa shape index (κ3) is 3.71. The van der Waals surface area contributed by atoms with Gasteiger partial charge in [0.2, 0.25) is 0 Å². The highest BCUT2D eigenvalue weighted by Gasteiger charge is 2.14. The number of aliphatic hydroxyl groups is 1. The lowest BCUT2D eigenvalue weighted by Crippen LogP contribution is -2.29. The molecule has 3 N–H and O–H groups in total. The highest BCUT2D eigenvalue weighted by molar-refractivity contribution is 5.90. The summed E-state index contributed by atoms with van der Waals surface area (Å²) in [6.45, 7) is 0.378. The lowest BCUT2D eigenvalue weighted by Gasteiger charge is -2.19. The molecule has 1 aliphatic rings. The van der Waals surface area contributed by atoms with Crippen molar-refractivity contribution in [2.75, 3.05) is 5.32 Å². The van der Waals surface area contributed by atoms with Gasteiger partial charge in [-0.3, -0.25) is 0 Å². The molecule has 1 aliphatic carbocycles. The molecule has 0 unspecified atom stereocenters. The molecule has 2 aromatic carbocycles. The molecule has 0 atom stereocenters. The molecule has 0 fully saturated rings. The first-order chi connectivity index (χ1) is 11.3. The van der Waals surface area contributed by atoms with Gasteiger partial charge < -0.3 is 15.7 Å². The number of amides is 2. The zero-order chi connectivity index (χ0) is 16.1. The third-order valence-electron chi connectivity index (χ3n) is 4.37. The van der Waals surface area contributed by atoms with Crippen LogP contribution in [0.4, 0.5) is 10.5 Å². The Bertz CT molecular complexity index is 698. The molecule has 0 aliphatic heterocycles. The zero-order valence-corrected chi connectivity index (χ0v) is 13.1. The number of aryl methyl sites for hydroxylation is 1. The number of hydrogen-bond acceptors (Lipinski definition) is 2. The Kier molecular flexibility index (Phi) is 4.93. The first-order valence-electron chi connectivity index (χ1n) is 8.11. The summed E-state index contributed by atoms with van der Waals surface area (Å²) in [6, 6.07) is 13.5. The van der Waals surface area contributed by atoms with Crippen molar-refractivity contribution in [3.63, 3.8) is 0 Å². The molecule has 0 heterocycles. The van der Waals surface area contributed by atoms with E-state index in [4.69, 9.17) is 0 Å². The van der Waals surface area contributed by atoms with E-state index in [1.54, 1.807) is 0 Å². The molecule has 2 aromatic rings. The summed E-state index contributed by atoms with van der Waals surface area (Å²) < 4.78 is 0. The molecule has 0 bridgehead atoms. The lowest BCUT2D eigenvalue weighted by atomic mass is 9.90. The van der Waals surface area contributed by atoms with E-state index < -0.39 is 0 Å². The van der Waals surface area contributed by atoms with E-state index in [-0.39, 0.29) is 12.6 Å². The van der Waals surface area contributed by atoms with Gasteiger partial charge in [0.1, 0.15) is 0 Å². The number of carbonyl (C=O) groups is 1. The van der Waals surface area contributed by atoms with Crippen LogP contribution in [0, 0.1) is 0 Å². The van der Waals surface area contributed by atoms with E-state index in [1.807, 2.05) is 36.4 Å². The second kappa shape index (κ2) is 7.29. The van der Waals surface area contributed by atoms with Crippen molar-refractivity contribution in [1.82, 2.24) is 5.32 Å². The van der Waals surface area contributed by atoms with Crippen LogP contribution < -0.4 is 10.6 Å². The number of urea groups is 1. The van der Waals surface area contributed by atoms with E-state index in [0.717, 1.165) is 29.7 Å². The van der Waals surface area contributed by atoms with E-state index >= 15 is 0 Å². The third-order valence-corrected chi connectivity index (χ3v) is 4.37. The summed E-state index contributed by atoms with van der Waals surface area (Å²) in [5.41, 5.74) is 5.30. The molecule has 0 saturated heterocycles. The fourth-order valence-electron chi connectivity index (χ4n) is 3.12. The van der Waals surface area contributed by atoms with E-state index in [1.165, 1.54) is 24.0 Å². The van der Waals surface area contributed by atoms with Crippen molar-refractivity contribution in [3.05, 3.63) is 64.7 Å². The van der Waals surface area contributed by atoms with Gasteiger partial charge in [0.05, 0.1) is 6.61 Å². The number of fused-ring (bicyclic) bond motifs is 1. The van der Waals surface area contributed by atoms with Crippen LogP contribution in [-0.4, -0.2) is 11.1 Å². The van der Waals surface area contributed by atoms with Crippen LogP contribution in [0.5, 0.6) is 0 Å². The minimum absolute atomic E-state index is 0.0222. The van der Waals surface area contributed by atoms with Gasteiger partial charge in [0, 0.05) is 12.2 Å². The van der Waals surface area contributed by atoms with Crippen LogP contribution in [0.1, 0.15) is 35.1 Å². The monoisotopic (exact) mass is 310 g/mol. The van der Waals surface area contributed by atoms with Gasteiger partial charge in [-0.25, -0.2) is 4.79 Å². The fraction of sp³-hybridized carbons (Fsp3) is 0.316. The van der Waals surface area contributed by atoms with Gasteiger partial charge in [-0.2, -0.15) is 0 Å². The minimum atomic E-state index is -0.211. The predicted octanol–water partition coefficient (Wildman–Crippen LogP) is 3.38. The van der Waals surface area contributed by atoms with E-state index in [2.05, 4.69) is 16.7 Å². The molecule has 3 rings (SSSR count). The second-order valence-electron chi connectivity index (χ2n) is 5.88. The molecular weight excluding hydrogens is 288 g/mol. The summed E-state index contributed by atoms with van der Waals surface area (Å²) in [5, 5.41) is 15.2. The molecule has 120 valence electrons. The second-order valence-corrected chi connectivity index (χ2v) is 5.88. The lowest BCUT2D eigenvalue weighted by molar-refractivity contribution is 0.251. The average molecular weight is 310 g/mol. The molecular formula is C19H22N2O2. The van der Waals surface area contributed by atoms with Gasteiger partial charge in [-0.05, 0) is 54.0 Å². The Morgan fingerprint density at radius 3 is 2.61 bits per heavy atom. The van der Waals surface area contributed by atoms with Crippen molar-refractivity contribution >= 4 is 11.7 Å². The Hall–Kier alpha value is -2.33. The Morgan fingerprint density at radius 1 is 1.00 bits per heavy atom. The molecule has 4 heteroatoms. The number of carbonyl (C=O) groups excluding carboxylic acids is 1. The molecule has 23 heavy (non-hydrogen) atoms. The SMILES string of the molecule is O=C(NCc1ccccc1CO)Nc1cccc2c1CCCC2. The van der Waals surface area contributed by atoms with Crippen LogP contribution in [0.3, 0.4) is 0 Å². The number of hydrogen-bond donors (Lipinski definition) is 3. The number of nitrogens with one attached hydrogen (secondary N) is 2. The molecule has 0 radical (unpaired) electrons. The van der Waals surface area contributed by atoms with Crippen molar-refractivity contribution in [2.24, 2.45) is 0 Å². The average Bonchev–Trinajstić information content (AvgIpc) is 2.60. The highest BCUT2D eigenvalue weighted by Crippen LogP contribution is 2.27. The smallest absolute Gasteiger partial charge is 0.319 e. The Labute approximate surface area is 136 Å². The zero-order valence-electron chi connectivity index (χ0n) is 13.1. The maximum absolute atomic E-state index is 12.2. The fourth-order valence-corrected chi connectivity index (χ4v) is 3.12.